The van der Waals surface area contributed by atoms with Gasteiger partial charge < -0.3 is 15.8 Å². The Kier molecular flexibility index (Phi) is 5.08. The van der Waals surface area contributed by atoms with Gasteiger partial charge >= 0.3 is 0 Å². The number of carbonyl (C=O) groups excluding carboxylic acids is 2. The molecule has 0 aliphatic heterocycles. The molecule has 114 valence electrons. The monoisotopic (exact) mass is 299 g/mol. The highest BCUT2D eigenvalue weighted by molar-refractivity contribution is 5.97. The van der Waals surface area contributed by atoms with Crippen LogP contribution in [0.1, 0.15) is 15.9 Å². The first-order valence-electron chi connectivity index (χ1n) is 6.73. The lowest BCUT2D eigenvalue weighted by Crippen LogP contribution is -2.45. The molecule has 0 radical (unpaired) electrons. The van der Waals surface area contributed by atoms with Crippen LogP contribution in [0, 0.1) is 0 Å². The lowest BCUT2D eigenvalue weighted by Gasteiger charge is -2.16. The van der Waals surface area contributed by atoms with Crippen LogP contribution in [-0.2, 0) is 11.2 Å². The molecule has 0 fully saturated rings. The van der Waals surface area contributed by atoms with Crippen LogP contribution in [0.4, 0.5) is 0 Å². The highest BCUT2D eigenvalue weighted by Crippen LogP contribution is 2.14. The van der Waals surface area contributed by atoms with E-state index in [1.165, 1.54) is 12.4 Å². The zero-order valence-electron chi connectivity index (χ0n) is 12.2. The summed E-state index contributed by atoms with van der Waals surface area (Å²) in [5.74, 6) is -0.277. The lowest BCUT2D eigenvalue weighted by molar-refractivity contribution is -0.119. The lowest BCUT2D eigenvalue weighted by atomic mass is 10.0. The second-order valence-electron chi connectivity index (χ2n) is 4.72. The number of hydrogen-bond donors (Lipinski definition) is 2. The van der Waals surface area contributed by atoms with Gasteiger partial charge in [-0.15, -0.1) is 0 Å². The third-order valence-electron chi connectivity index (χ3n) is 3.17. The maximum Gasteiger partial charge on any atom is 0.252 e. The van der Waals surface area contributed by atoms with Crippen LogP contribution in [0.2, 0.25) is 0 Å². The Labute approximate surface area is 128 Å². The minimum atomic E-state index is -0.798. The smallest absolute Gasteiger partial charge is 0.252 e. The van der Waals surface area contributed by atoms with Crippen molar-refractivity contribution in [1.82, 2.24) is 10.3 Å². The third kappa shape index (κ3) is 4.05. The number of primary amides is 1. The zero-order chi connectivity index (χ0) is 15.9. The van der Waals surface area contributed by atoms with Gasteiger partial charge in [0.15, 0.2) is 0 Å². The predicted molar refractivity (Wildman–Crippen MR) is 81.4 cm³/mol. The van der Waals surface area contributed by atoms with Crippen molar-refractivity contribution < 1.29 is 14.3 Å². The van der Waals surface area contributed by atoms with Crippen molar-refractivity contribution in [3.05, 3.63) is 59.9 Å². The largest absolute Gasteiger partial charge is 0.497 e. The summed E-state index contributed by atoms with van der Waals surface area (Å²) in [4.78, 5) is 27.5. The number of ether oxygens (including phenoxy) is 1. The second kappa shape index (κ2) is 7.21. The summed E-state index contributed by atoms with van der Waals surface area (Å²) in [5, 5.41) is 2.64. The summed E-state index contributed by atoms with van der Waals surface area (Å²) in [7, 11) is 1.57. The molecule has 0 aliphatic carbocycles. The number of nitrogens with one attached hydrogen (secondary N) is 1. The fourth-order valence-electron chi connectivity index (χ4n) is 2.00. The number of pyridine rings is 1. The Hall–Kier alpha value is -2.89. The number of amides is 2. The van der Waals surface area contributed by atoms with Crippen LogP contribution < -0.4 is 15.8 Å². The Balaban J connectivity index is 2.10. The molecule has 0 unspecified atom stereocenters. The van der Waals surface area contributed by atoms with Crippen LogP contribution in [0.5, 0.6) is 5.75 Å². The highest BCUT2D eigenvalue weighted by Gasteiger charge is 2.19. The fourth-order valence-corrected chi connectivity index (χ4v) is 2.00. The molecule has 2 aromatic rings. The molecule has 0 bridgehead atoms. The molecule has 3 N–H and O–H groups in total. The van der Waals surface area contributed by atoms with Crippen molar-refractivity contribution in [2.75, 3.05) is 7.11 Å². The van der Waals surface area contributed by atoms with E-state index in [-0.39, 0.29) is 5.91 Å². The summed E-state index contributed by atoms with van der Waals surface area (Å²) in [6.07, 6.45) is 3.32. The Morgan fingerprint density at radius 2 is 2.00 bits per heavy atom. The number of carbonyl (C=O) groups is 2. The minimum absolute atomic E-state index is 0.295. The number of aromatic nitrogens is 1. The molecule has 6 heteroatoms. The molecule has 2 rings (SSSR count). The van der Waals surface area contributed by atoms with E-state index in [1.54, 1.807) is 31.4 Å². The molecule has 1 atom stereocenters. The topological polar surface area (TPSA) is 94.3 Å². The SMILES string of the molecule is COc1cccc(C[C@H](NC(=O)c2ccncc2)C(N)=O)c1. The van der Waals surface area contributed by atoms with E-state index in [9.17, 15) is 9.59 Å². The van der Waals surface area contributed by atoms with Crippen molar-refractivity contribution in [3.8, 4) is 5.75 Å². The van der Waals surface area contributed by atoms with Crippen LogP contribution >= 0.6 is 0 Å². The van der Waals surface area contributed by atoms with E-state index in [0.29, 0.717) is 17.7 Å². The molecule has 1 aromatic carbocycles. The Morgan fingerprint density at radius 3 is 2.64 bits per heavy atom. The van der Waals surface area contributed by atoms with Crippen molar-refractivity contribution in [2.24, 2.45) is 5.73 Å². The van der Waals surface area contributed by atoms with Gasteiger partial charge in [-0.2, -0.15) is 0 Å². The molecule has 2 amide bonds. The predicted octanol–water partition coefficient (Wildman–Crippen LogP) is 0.917. The normalized spacial score (nSPS) is 11.5. The first kappa shape index (κ1) is 15.5. The van der Waals surface area contributed by atoms with Gasteiger partial charge in [0.2, 0.25) is 5.91 Å². The fraction of sp³-hybridized carbons (Fsp3) is 0.188. The molecule has 0 saturated carbocycles. The Bertz CT molecular complexity index is 659. The molecule has 0 spiro atoms. The number of benzene rings is 1. The number of nitrogens with zero attached hydrogens (tertiary/aromatic N) is 1. The van der Waals surface area contributed by atoms with Crippen LogP contribution in [-0.4, -0.2) is 29.9 Å². The maximum atomic E-state index is 12.1. The summed E-state index contributed by atoms with van der Waals surface area (Å²) < 4.78 is 5.14. The number of methoxy groups -OCH3 is 1. The molecule has 6 nitrogen and oxygen atoms in total. The van der Waals surface area contributed by atoms with Gasteiger partial charge in [-0.3, -0.25) is 14.6 Å². The Morgan fingerprint density at radius 1 is 1.27 bits per heavy atom. The quantitative estimate of drug-likeness (QED) is 0.829. The van der Waals surface area contributed by atoms with E-state index in [1.807, 2.05) is 12.1 Å². The van der Waals surface area contributed by atoms with Crippen molar-refractivity contribution in [2.45, 2.75) is 12.5 Å². The molecule has 0 saturated heterocycles. The van der Waals surface area contributed by atoms with Crippen LogP contribution in [0.3, 0.4) is 0 Å². The summed E-state index contributed by atoms with van der Waals surface area (Å²) in [5.41, 5.74) is 6.65. The molecular weight excluding hydrogens is 282 g/mol. The van der Waals surface area contributed by atoms with E-state index in [0.717, 1.165) is 5.56 Å². The van der Waals surface area contributed by atoms with Crippen molar-refractivity contribution >= 4 is 11.8 Å². The molecule has 1 heterocycles. The first-order valence-corrected chi connectivity index (χ1v) is 6.73. The van der Waals surface area contributed by atoms with Gasteiger partial charge in [0.25, 0.3) is 5.91 Å². The highest BCUT2D eigenvalue weighted by atomic mass is 16.5. The second-order valence-corrected chi connectivity index (χ2v) is 4.72. The average molecular weight is 299 g/mol. The van der Waals surface area contributed by atoms with Crippen LogP contribution in [0.15, 0.2) is 48.8 Å². The van der Waals surface area contributed by atoms with Gasteiger partial charge in [-0.25, -0.2) is 0 Å². The molecule has 1 aromatic heterocycles. The van der Waals surface area contributed by atoms with Gasteiger partial charge in [0, 0.05) is 24.4 Å². The van der Waals surface area contributed by atoms with E-state index < -0.39 is 11.9 Å². The molecule has 22 heavy (non-hydrogen) atoms. The standard InChI is InChI=1S/C16H17N3O3/c1-22-13-4-2-3-11(9-13)10-14(15(17)20)19-16(21)12-5-7-18-8-6-12/h2-9,14H,10H2,1H3,(H2,17,20)(H,19,21)/t14-/m0/s1. The first-order chi connectivity index (χ1) is 10.6. The third-order valence-corrected chi connectivity index (χ3v) is 3.17. The van der Waals surface area contributed by atoms with Gasteiger partial charge in [-0.1, -0.05) is 12.1 Å². The van der Waals surface area contributed by atoms with Crippen LogP contribution in [0.25, 0.3) is 0 Å². The van der Waals surface area contributed by atoms with E-state index in [4.69, 9.17) is 10.5 Å². The van der Waals surface area contributed by atoms with Gasteiger partial charge in [0.05, 0.1) is 7.11 Å². The summed E-state index contributed by atoms with van der Waals surface area (Å²) in [6, 6.07) is 9.60. The molecular formula is C16H17N3O3. The average Bonchev–Trinajstić information content (AvgIpc) is 2.55. The van der Waals surface area contributed by atoms with E-state index in [2.05, 4.69) is 10.3 Å². The van der Waals surface area contributed by atoms with Gasteiger partial charge in [-0.05, 0) is 29.8 Å². The maximum absolute atomic E-state index is 12.1. The summed E-state index contributed by atoms with van der Waals surface area (Å²) in [6.45, 7) is 0. The minimum Gasteiger partial charge on any atom is -0.497 e. The van der Waals surface area contributed by atoms with Crippen molar-refractivity contribution in [1.29, 1.82) is 0 Å². The number of hydrogen-bond acceptors (Lipinski definition) is 4. The zero-order valence-corrected chi connectivity index (χ0v) is 12.2. The molecule has 0 aliphatic rings. The van der Waals surface area contributed by atoms with Gasteiger partial charge in [0.1, 0.15) is 11.8 Å². The summed E-state index contributed by atoms with van der Waals surface area (Å²) >= 11 is 0. The number of rotatable bonds is 6. The van der Waals surface area contributed by atoms with E-state index >= 15 is 0 Å². The van der Waals surface area contributed by atoms with Crippen molar-refractivity contribution in [3.63, 3.8) is 0 Å². The number of nitrogens with two attached hydrogens (primary N) is 1.